The van der Waals surface area contributed by atoms with Crippen molar-refractivity contribution in [3.8, 4) is 17.2 Å². The zero-order valence-corrected chi connectivity index (χ0v) is 12.9. The Labute approximate surface area is 123 Å². The van der Waals surface area contributed by atoms with Crippen LogP contribution in [0.2, 0.25) is 0 Å². The molecule has 2 rings (SSSR count). The molecule has 0 atom stereocenters. The normalized spacial score (nSPS) is 10.5. The van der Waals surface area contributed by atoms with E-state index < -0.39 is 0 Å². The molecule has 0 amide bonds. The zero-order valence-electron chi connectivity index (χ0n) is 12.9. The number of aryl methyl sites for hydroxylation is 1. The van der Waals surface area contributed by atoms with E-state index in [1.807, 2.05) is 0 Å². The van der Waals surface area contributed by atoms with Crippen molar-refractivity contribution >= 4 is 16.9 Å². The van der Waals surface area contributed by atoms with E-state index in [0.29, 0.717) is 29.5 Å². The molecule has 6 nitrogen and oxygen atoms in total. The molecule has 0 saturated carbocycles. The van der Waals surface area contributed by atoms with E-state index in [2.05, 4.69) is 0 Å². The van der Waals surface area contributed by atoms with E-state index in [-0.39, 0.29) is 5.97 Å². The van der Waals surface area contributed by atoms with Crippen LogP contribution < -0.4 is 14.2 Å². The van der Waals surface area contributed by atoms with Crippen LogP contribution in [0.4, 0.5) is 0 Å². The quantitative estimate of drug-likeness (QED) is 0.792. The largest absolute Gasteiger partial charge is 0.493 e. The number of carbonyl (C=O) groups is 1. The van der Waals surface area contributed by atoms with E-state index in [9.17, 15) is 4.79 Å². The predicted molar refractivity (Wildman–Crippen MR) is 78.5 cm³/mol. The SMILES string of the molecule is CCOC(=O)c1cc2cc(OC)c(OC)c(OC)c2n1C. The van der Waals surface area contributed by atoms with Crippen LogP contribution in [0.3, 0.4) is 0 Å². The maximum Gasteiger partial charge on any atom is 0.354 e. The molecule has 0 aliphatic heterocycles. The molecule has 0 fully saturated rings. The summed E-state index contributed by atoms with van der Waals surface area (Å²) in [6, 6.07) is 3.55. The molecule has 0 unspecified atom stereocenters. The minimum absolute atomic E-state index is 0.324. The molecule has 0 aliphatic carbocycles. The number of nitrogens with zero attached hydrogens (tertiary/aromatic N) is 1. The van der Waals surface area contributed by atoms with Crippen LogP contribution in [-0.4, -0.2) is 38.5 Å². The highest BCUT2D eigenvalue weighted by molar-refractivity contribution is 5.99. The Kier molecular flexibility index (Phi) is 4.26. The predicted octanol–water partition coefficient (Wildman–Crippen LogP) is 2.38. The lowest BCUT2D eigenvalue weighted by atomic mass is 10.2. The van der Waals surface area contributed by atoms with Gasteiger partial charge in [-0.15, -0.1) is 0 Å². The first-order valence-electron chi connectivity index (χ1n) is 6.54. The topological polar surface area (TPSA) is 58.9 Å². The second-order valence-corrected chi connectivity index (χ2v) is 4.39. The number of fused-ring (bicyclic) bond motifs is 1. The average Bonchev–Trinajstić information content (AvgIpc) is 2.82. The Morgan fingerprint density at radius 2 is 1.76 bits per heavy atom. The summed E-state index contributed by atoms with van der Waals surface area (Å²) in [4.78, 5) is 12.0. The molecule has 1 aromatic heterocycles. The maximum absolute atomic E-state index is 12.0. The minimum Gasteiger partial charge on any atom is -0.493 e. The van der Waals surface area contributed by atoms with Gasteiger partial charge in [0.05, 0.1) is 33.5 Å². The minimum atomic E-state index is -0.379. The Morgan fingerprint density at radius 3 is 2.29 bits per heavy atom. The molecule has 0 N–H and O–H groups in total. The fourth-order valence-corrected chi connectivity index (χ4v) is 2.38. The van der Waals surface area contributed by atoms with Crippen molar-refractivity contribution in [2.45, 2.75) is 6.92 Å². The summed E-state index contributed by atoms with van der Waals surface area (Å²) in [5.41, 5.74) is 1.19. The van der Waals surface area contributed by atoms with Gasteiger partial charge in [0.25, 0.3) is 0 Å². The van der Waals surface area contributed by atoms with Crippen LogP contribution in [0.5, 0.6) is 17.2 Å². The fraction of sp³-hybridized carbons (Fsp3) is 0.400. The van der Waals surface area contributed by atoms with E-state index in [1.165, 1.54) is 0 Å². The van der Waals surface area contributed by atoms with E-state index in [4.69, 9.17) is 18.9 Å². The van der Waals surface area contributed by atoms with E-state index >= 15 is 0 Å². The van der Waals surface area contributed by atoms with Crippen LogP contribution in [0.25, 0.3) is 10.9 Å². The first kappa shape index (κ1) is 15.0. The average molecular weight is 293 g/mol. The highest BCUT2D eigenvalue weighted by Gasteiger charge is 2.22. The highest BCUT2D eigenvalue weighted by atomic mass is 16.5. The fourth-order valence-electron chi connectivity index (χ4n) is 2.38. The number of esters is 1. The van der Waals surface area contributed by atoms with Gasteiger partial charge < -0.3 is 23.5 Å². The van der Waals surface area contributed by atoms with Gasteiger partial charge >= 0.3 is 5.97 Å². The van der Waals surface area contributed by atoms with Gasteiger partial charge in [0.15, 0.2) is 11.5 Å². The van der Waals surface area contributed by atoms with Crippen LogP contribution in [0.15, 0.2) is 12.1 Å². The van der Waals surface area contributed by atoms with Crippen LogP contribution in [0.1, 0.15) is 17.4 Å². The van der Waals surface area contributed by atoms with Gasteiger partial charge in [-0.2, -0.15) is 0 Å². The van der Waals surface area contributed by atoms with Gasteiger partial charge in [0.2, 0.25) is 5.75 Å². The number of hydrogen-bond donors (Lipinski definition) is 0. The van der Waals surface area contributed by atoms with Crippen molar-refractivity contribution in [1.29, 1.82) is 0 Å². The highest BCUT2D eigenvalue weighted by Crippen LogP contribution is 2.44. The van der Waals surface area contributed by atoms with Crippen molar-refractivity contribution < 1.29 is 23.7 Å². The summed E-state index contributed by atoms with van der Waals surface area (Å²) in [5, 5.41) is 0.815. The van der Waals surface area contributed by atoms with Crippen LogP contribution >= 0.6 is 0 Å². The molecular weight excluding hydrogens is 274 g/mol. The molecule has 114 valence electrons. The Morgan fingerprint density at radius 1 is 1.10 bits per heavy atom. The summed E-state index contributed by atoms with van der Waals surface area (Å²) in [7, 11) is 6.43. The van der Waals surface area contributed by atoms with Gasteiger partial charge in [-0.1, -0.05) is 0 Å². The summed E-state index contributed by atoms with van der Waals surface area (Å²) < 4.78 is 22.9. The van der Waals surface area contributed by atoms with Crippen molar-refractivity contribution in [2.75, 3.05) is 27.9 Å². The number of ether oxygens (including phenoxy) is 4. The second kappa shape index (κ2) is 5.95. The molecule has 0 bridgehead atoms. The first-order valence-corrected chi connectivity index (χ1v) is 6.54. The molecule has 0 aliphatic rings. The third-order valence-corrected chi connectivity index (χ3v) is 3.31. The van der Waals surface area contributed by atoms with E-state index in [0.717, 1.165) is 10.9 Å². The maximum atomic E-state index is 12.0. The monoisotopic (exact) mass is 293 g/mol. The van der Waals surface area contributed by atoms with Crippen LogP contribution in [0, 0.1) is 0 Å². The van der Waals surface area contributed by atoms with Crippen molar-refractivity contribution in [1.82, 2.24) is 4.57 Å². The summed E-state index contributed by atoms with van der Waals surface area (Å²) >= 11 is 0. The number of carbonyl (C=O) groups excluding carboxylic acids is 1. The third kappa shape index (κ3) is 2.37. The number of hydrogen-bond acceptors (Lipinski definition) is 5. The molecule has 0 radical (unpaired) electrons. The Balaban J connectivity index is 2.76. The van der Waals surface area contributed by atoms with Gasteiger partial charge in [0, 0.05) is 12.4 Å². The second-order valence-electron chi connectivity index (χ2n) is 4.39. The molecule has 1 aromatic carbocycles. The van der Waals surface area contributed by atoms with Crippen molar-refractivity contribution in [3.05, 3.63) is 17.8 Å². The van der Waals surface area contributed by atoms with Gasteiger partial charge in [-0.25, -0.2) is 4.79 Å². The molecule has 1 heterocycles. The lowest BCUT2D eigenvalue weighted by Crippen LogP contribution is -2.09. The number of aromatic nitrogens is 1. The standard InChI is InChI=1S/C15H19NO5/c1-6-21-15(17)10-7-9-8-11(18-3)13(19-4)14(20-5)12(9)16(10)2/h7-8H,6H2,1-5H3. The smallest absolute Gasteiger partial charge is 0.354 e. The number of rotatable bonds is 5. The molecule has 21 heavy (non-hydrogen) atoms. The lowest BCUT2D eigenvalue weighted by molar-refractivity contribution is 0.0516. The lowest BCUT2D eigenvalue weighted by Gasteiger charge is -2.14. The Hall–Kier alpha value is -2.37. The zero-order chi connectivity index (χ0) is 15.6. The number of benzene rings is 1. The third-order valence-electron chi connectivity index (χ3n) is 3.31. The van der Waals surface area contributed by atoms with Crippen LogP contribution in [-0.2, 0) is 11.8 Å². The molecule has 2 aromatic rings. The molecule has 0 saturated heterocycles. The molecule has 6 heteroatoms. The summed E-state index contributed by atoms with van der Waals surface area (Å²) in [5.74, 6) is 1.17. The summed E-state index contributed by atoms with van der Waals surface area (Å²) in [6.45, 7) is 2.09. The molecular formula is C15H19NO5. The van der Waals surface area contributed by atoms with E-state index in [1.54, 1.807) is 52.0 Å². The Bertz CT molecular complexity index is 674. The number of methoxy groups -OCH3 is 3. The summed E-state index contributed by atoms with van der Waals surface area (Å²) in [6.07, 6.45) is 0. The molecule has 0 spiro atoms. The van der Waals surface area contributed by atoms with Gasteiger partial charge in [-0.05, 0) is 19.1 Å². The van der Waals surface area contributed by atoms with Crippen molar-refractivity contribution in [2.24, 2.45) is 7.05 Å². The first-order chi connectivity index (χ1) is 10.1. The van der Waals surface area contributed by atoms with Gasteiger partial charge in [-0.3, -0.25) is 0 Å². The van der Waals surface area contributed by atoms with Gasteiger partial charge in [0.1, 0.15) is 5.69 Å². The van der Waals surface area contributed by atoms with Crippen molar-refractivity contribution in [3.63, 3.8) is 0 Å².